The van der Waals surface area contributed by atoms with E-state index in [0.717, 1.165) is 31.6 Å². The van der Waals surface area contributed by atoms with Gasteiger partial charge in [-0.3, -0.25) is 9.69 Å². The van der Waals surface area contributed by atoms with Crippen LogP contribution in [0.2, 0.25) is 0 Å². The number of likely N-dealkylation sites (tertiary alicyclic amines) is 1. The molecule has 1 aromatic rings. The third kappa shape index (κ3) is 4.45. The zero-order chi connectivity index (χ0) is 15.6. The monoisotopic (exact) mass is 325 g/mol. The number of rotatable bonds is 3. The highest BCUT2D eigenvalue weighted by atomic mass is 35.5. The summed E-state index contributed by atoms with van der Waals surface area (Å²) in [5.41, 5.74) is 8.28. The van der Waals surface area contributed by atoms with E-state index in [4.69, 9.17) is 5.73 Å². The van der Waals surface area contributed by atoms with Crippen LogP contribution in [0.15, 0.2) is 24.3 Å². The second-order valence-corrected chi connectivity index (χ2v) is 6.99. The van der Waals surface area contributed by atoms with Crippen molar-refractivity contribution in [3.8, 4) is 0 Å². The predicted octanol–water partition coefficient (Wildman–Crippen LogP) is 2.37. The van der Waals surface area contributed by atoms with Crippen molar-refractivity contribution in [2.45, 2.75) is 32.9 Å². The Morgan fingerprint density at radius 3 is 2.68 bits per heavy atom. The molecule has 1 aromatic carbocycles. The molecule has 1 amide bonds. The van der Waals surface area contributed by atoms with Crippen LogP contribution in [0.4, 0.5) is 0 Å². The highest BCUT2D eigenvalue weighted by molar-refractivity contribution is 5.94. The zero-order valence-electron chi connectivity index (χ0n) is 14.0. The second kappa shape index (κ2) is 7.44. The fraction of sp³-hybridized carbons (Fsp3) is 0.588. The van der Waals surface area contributed by atoms with Gasteiger partial charge in [-0.2, -0.15) is 0 Å². The molecule has 1 aliphatic rings. The minimum absolute atomic E-state index is 0. The first-order chi connectivity index (χ1) is 9.79. The van der Waals surface area contributed by atoms with Crippen LogP contribution in [0.25, 0.3) is 0 Å². The van der Waals surface area contributed by atoms with Gasteiger partial charge in [0.1, 0.15) is 0 Å². The van der Waals surface area contributed by atoms with Crippen molar-refractivity contribution < 1.29 is 4.79 Å². The van der Waals surface area contributed by atoms with Gasteiger partial charge >= 0.3 is 0 Å². The molecule has 1 aliphatic heterocycles. The van der Waals surface area contributed by atoms with Crippen molar-refractivity contribution >= 4 is 18.3 Å². The lowest BCUT2D eigenvalue weighted by atomic mass is 9.79. The van der Waals surface area contributed by atoms with E-state index in [2.05, 4.69) is 24.8 Å². The number of nitrogens with two attached hydrogens (primary N) is 1. The van der Waals surface area contributed by atoms with Gasteiger partial charge in [0.25, 0.3) is 5.91 Å². The van der Waals surface area contributed by atoms with E-state index in [-0.39, 0.29) is 29.8 Å². The molecule has 1 fully saturated rings. The number of carbonyl (C=O) groups excluding carboxylic acids is 1. The molecule has 0 radical (unpaired) electrons. The van der Waals surface area contributed by atoms with Gasteiger partial charge in [0.15, 0.2) is 0 Å². The van der Waals surface area contributed by atoms with Crippen LogP contribution in [0.3, 0.4) is 0 Å². The van der Waals surface area contributed by atoms with Crippen LogP contribution < -0.4 is 5.73 Å². The Hall–Kier alpha value is -1.10. The Morgan fingerprint density at radius 2 is 2.09 bits per heavy atom. The molecule has 1 unspecified atom stereocenters. The minimum Gasteiger partial charge on any atom is -0.345 e. The number of benzene rings is 1. The van der Waals surface area contributed by atoms with Gasteiger partial charge in [-0.1, -0.05) is 26.0 Å². The quantitative estimate of drug-likeness (QED) is 0.928. The van der Waals surface area contributed by atoms with Gasteiger partial charge < -0.3 is 10.6 Å². The molecular weight excluding hydrogens is 298 g/mol. The second-order valence-electron chi connectivity index (χ2n) is 6.99. The number of nitrogens with zero attached hydrogens (tertiary/aromatic N) is 2. The summed E-state index contributed by atoms with van der Waals surface area (Å²) in [7, 11) is 3.56. The Balaban J connectivity index is 0.00000242. The molecule has 0 aliphatic carbocycles. The average molecular weight is 326 g/mol. The highest BCUT2D eigenvalue weighted by Gasteiger charge is 2.33. The molecule has 1 saturated heterocycles. The van der Waals surface area contributed by atoms with Crippen LogP contribution in [0, 0.1) is 5.41 Å². The molecule has 2 N–H and O–H groups in total. The van der Waals surface area contributed by atoms with E-state index in [1.807, 2.05) is 18.2 Å². The molecule has 22 heavy (non-hydrogen) atoms. The number of halogens is 1. The van der Waals surface area contributed by atoms with Crippen LogP contribution >= 0.6 is 12.4 Å². The number of amides is 1. The molecule has 124 valence electrons. The largest absolute Gasteiger partial charge is 0.345 e. The fourth-order valence-electron chi connectivity index (χ4n) is 2.94. The number of hydrogen-bond acceptors (Lipinski definition) is 3. The minimum atomic E-state index is 0. The maximum absolute atomic E-state index is 12.0. The van der Waals surface area contributed by atoms with Gasteiger partial charge in [-0.05, 0) is 29.5 Å². The first-order valence-electron chi connectivity index (χ1n) is 7.58. The summed E-state index contributed by atoms with van der Waals surface area (Å²) >= 11 is 0. The van der Waals surface area contributed by atoms with Crippen LogP contribution in [0.5, 0.6) is 0 Å². The summed E-state index contributed by atoms with van der Waals surface area (Å²) in [4.78, 5) is 16.1. The van der Waals surface area contributed by atoms with Crippen molar-refractivity contribution in [1.29, 1.82) is 0 Å². The summed E-state index contributed by atoms with van der Waals surface area (Å²) in [6.07, 6.45) is 1.03. The molecule has 2 rings (SSSR count). The van der Waals surface area contributed by atoms with Gasteiger partial charge in [-0.25, -0.2) is 0 Å². The van der Waals surface area contributed by atoms with Crippen molar-refractivity contribution in [2.75, 3.05) is 27.2 Å². The maximum Gasteiger partial charge on any atom is 0.253 e. The third-order valence-electron chi connectivity index (χ3n) is 4.38. The van der Waals surface area contributed by atoms with Gasteiger partial charge in [0.2, 0.25) is 0 Å². The van der Waals surface area contributed by atoms with E-state index in [1.165, 1.54) is 5.56 Å². The molecule has 5 heteroatoms. The smallest absolute Gasteiger partial charge is 0.253 e. The van der Waals surface area contributed by atoms with Crippen molar-refractivity contribution in [3.05, 3.63) is 35.4 Å². The van der Waals surface area contributed by atoms with E-state index in [0.29, 0.717) is 0 Å². The Morgan fingerprint density at radius 1 is 1.41 bits per heavy atom. The SMILES string of the molecule is CN(C)C(=O)c1cccc(CN2CCC(N)C(C)(C)C2)c1.Cl. The molecular formula is C17H28ClN3O. The lowest BCUT2D eigenvalue weighted by molar-refractivity contribution is 0.0825. The average Bonchev–Trinajstić information content (AvgIpc) is 2.42. The normalized spacial score (nSPS) is 21.0. The summed E-state index contributed by atoms with van der Waals surface area (Å²) in [6.45, 7) is 7.37. The molecule has 0 bridgehead atoms. The number of carbonyl (C=O) groups is 1. The van der Waals surface area contributed by atoms with Crippen molar-refractivity contribution in [3.63, 3.8) is 0 Å². The van der Waals surface area contributed by atoms with Gasteiger partial charge in [-0.15, -0.1) is 12.4 Å². The maximum atomic E-state index is 12.0. The molecule has 1 heterocycles. The summed E-state index contributed by atoms with van der Waals surface area (Å²) in [5, 5.41) is 0. The summed E-state index contributed by atoms with van der Waals surface area (Å²) in [6, 6.07) is 8.21. The Bertz CT molecular complexity index is 516. The highest BCUT2D eigenvalue weighted by Crippen LogP contribution is 2.28. The van der Waals surface area contributed by atoms with E-state index >= 15 is 0 Å². The summed E-state index contributed by atoms with van der Waals surface area (Å²) < 4.78 is 0. The molecule has 0 spiro atoms. The van der Waals surface area contributed by atoms with E-state index in [1.54, 1.807) is 19.0 Å². The van der Waals surface area contributed by atoms with Crippen LogP contribution in [0.1, 0.15) is 36.2 Å². The first kappa shape index (κ1) is 18.9. The Kier molecular flexibility index (Phi) is 6.41. The van der Waals surface area contributed by atoms with E-state index < -0.39 is 0 Å². The van der Waals surface area contributed by atoms with Crippen LogP contribution in [-0.4, -0.2) is 48.9 Å². The van der Waals surface area contributed by atoms with Crippen molar-refractivity contribution in [1.82, 2.24) is 9.80 Å². The number of piperidine rings is 1. The third-order valence-corrected chi connectivity index (χ3v) is 4.38. The van der Waals surface area contributed by atoms with Crippen LogP contribution in [-0.2, 0) is 6.54 Å². The molecule has 0 saturated carbocycles. The Labute approximate surface area is 140 Å². The zero-order valence-corrected chi connectivity index (χ0v) is 14.8. The van der Waals surface area contributed by atoms with Gasteiger partial charge in [0.05, 0.1) is 0 Å². The fourth-order valence-corrected chi connectivity index (χ4v) is 2.94. The molecule has 1 atom stereocenters. The number of hydrogen-bond donors (Lipinski definition) is 1. The lowest BCUT2D eigenvalue weighted by Crippen LogP contribution is -2.52. The first-order valence-corrected chi connectivity index (χ1v) is 7.58. The molecule has 4 nitrogen and oxygen atoms in total. The lowest BCUT2D eigenvalue weighted by Gasteiger charge is -2.42. The topological polar surface area (TPSA) is 49.6 Å². The van der Waals surface area contributed by atoms with Gasteiger partial charge in [0, 0.05) is 45.3 Å². The molecule has 0 aromatic heterocycles. The predicted molar refractivity (Wildman–Crippen MR) is 93.4 cm³/mol. The summed E-state index contributed by atoms with van der Waals surface area (Å²) in [5.74, 6) is 0.0536. The standard InChI is InChI=1S/C17H27N3O.ClH/c1-17(2)12-20(9-8-15(17)18)11-13-6-5-7-14(10-13)16(21)19(3)4;/h5-7,10,15H,8-9,11-12,18H2,1-4H3;1H. The van der Waals surface area contributed by atoms with Crippen molar-refractivity contribution in [2.24, 2.45) is 11.1 Å². The van der Waals surface area contributed by atoms with E-state index in [9.17, 15) is 4.79 Å².